The zero-order chi connectivity index (χ0) is 16.3. The van der Waals surface area contributed by atoms with Crippen molar-refractivity contribution in [1.82, 2.24) is 15.2 Å². The molecule has 0 aromatic carbocycles. The number of rotatable bonds is 4. The molecule has 124 valence electrons. The Morgan fingerprint density at radius 2 is 2.18 bits per heavy atom. The Labute approximate surface area is 131 Å². The highest BCUT2D eigenvalue weighted by Gasteiger charge is 2.29. The first-order chi connectivity index (χ1) is 10.3. The zero-order valence-electron chi connectivity index (χ0n) is 12.7. The molecule has 0 aliphatic carbocycles. The average Bonchev–Trinajstić information content (AvgIpc) is 2.77. The monoisotopic (exact) mass is 335 g/mol. The minimum absolute atomic E-state index is 0.192. The van der Waals surface area contributed by atoms with Crippen LogP contribution in [0.4, 0.5) is 13.2 Å². The van der Waals surface area contributed by atoms with Crippen molar-refractivity contribution >= 4 is 17.2 Å². The van der Waals surface area contributed by atoms with Crippen LogP contribution in [0.1, 0.15) is 34.3 Å². The number of amides is 1. The second-order valence-electron chi connectivity index (χ2n) is 5.59. The van der Waals surface area contributed by atoms with E-state index in [9.17, 15) is 18.0 Å². The molecule has 1 N–H and O–H groups in total. The van der Waals surface area contributed by atoms with Gasteiger partial charge in [0.1, 0.15) is 0 Å². The van der Waals surface area contributed by atoms with Crippen molar-refractivity contribution < 1.29 is 18.0 Å². The first-order valence-electron chi connectivity index (χ1n) is 7.25. The number of piperidine rings is 1. The molecule has 1 saturated heterocycles. The number of hydrogen-bond donors (Lipinski definition) is 1. The summed E-state index contributed by atoms with van der Waals surface area (Å²) in [6.45, 7) is 3.71. The van der Waals surface area contributed by atoms with Crippen LogP contribution in [-0.2, 0) is 4.79 Å². The molecule has 1 unspecified atom stereocenters. The van der Waals surface area contributed by atoms with Crippen molar-refractivity contribution in [2.45, 2.75) is 38.8 Å². The molecule has 0 bridgehead atoms. The van der Waals surface area contributed by atoms with Crippen molar-refractivity contribution in [3.63, 3.8) is 0 Å². The van der Waals surface area contributed by atoms with Gasteiger partial charge in [0, 0.05) is 23.9 Å². The second-order valence-corrected chi connectivity index (χ2v) is 6.83. The molecule has 1 fully saturated rings. The summed E-state index contributed by atoms with van der Waals surface area (Å²) in [4.78, 5) is 19.4. The van der Waals surface area contributed by atoms with E-state index in [1.165, 1.54) is 4.88 Å². The lowest BCUT2D eigenvalue weighted by Gasteiger charge is -2.32. The Morgan fingerprint density at radius 1 is 1.45 bits per heavy atom. The van der Waals surface area contributed by atoms with E-state index in [-0.39, 0.29) is 18.4 Å². The van der Waals surface area contributed by atoms with Crippen molar-refractivity contribution in [3.05, 3.63) is 15.6 Å². The summed E-state index contributed by atoms with van der Waals surface area (Å²) in [5.74, 6) is -0.0864. The van der Waals surface area contributed by atoms with Crippen molar-refractivity contribution in [2.75, 3.05) is 26.2 Å². The molecule has 4 nitrogen and oxygen atoms in total. The smallest absolute Gasteiger partial charge is 0.341 e. The van der Waals surface area contributed by atoms with Crippen LogP contribution in [0.3, 0.4) is 0 Å². The number of carbonyl (C=O) groups excluding carboxylic acids is 1. The lowest BCUT2D eigenvalue weighted by Crippen LogP contribution is -2.44. The van der Waals surface area contributed by atoms with Gasteiger partial charge < -0.3 is 10.2 Å². The van der Waals surface area contributed by atoms with Crippen LogP contribution in [0.15, 0.2) is 0 Å². The Kier molecular flexibility index (Phi) is 5.44. The SMILES string of the molecule is Cc1nc(C2CCCN(C(=O)CNCC(F)(F)F)C2)sc1C. The molecule has 22 heavy (non-hydrogen) atoms. The summed E-state index contributed by atoms with van der Waals surface area (Å²) in [6, 6.07) is 0. The lowest BCUT2D eigenvalue weighted by atomic mass is 9.98. The molecule has 1 aliphatic heterocycles. The van der Waals surface area contributed by atoms with E-state index in [0.29, 0.717) is 13.1 Å². The molecule has 0 spiro atoms. The van der Waals surface area contributed by atoms with E-state index in [1.54, 1.807) is 16.2 Å². The number of halogens is 3. The molecule has 1 aliphatic rings. The number of nitrogens with one attached hydrogen (secondary N) is 1. The highest BCUT2D eigenvalue weighted by atomic mass is 32.1. The maximum absolute atomic E-state index is 12.1. The Morgan fingerprint density at radius 3 is 2.77 bits per heavy atom. The molecular weight excluding hydrogens is 315 g/mol. The largest absolute Gasteiger partial charge is 0.401 e. The number of nitrogens with zero attached hydrogens (tertiary/aromatic N) is 2. The van der Waals surface area contributed by atoms with Gasteiger partial charge in [-0.2, -0.15) is 13.2 Å². The molecule has 1 amide bonds. The fraction of sp³-hybridized carbons (Fsp3) is 0.714. The topological polar surface area (TPSA) is 45.2 Å². The number of alkyl halides is 3. The van der Waals surface area contributed by atoms with Gasteiger partial charge in [-0.3, -0.25) is 4.79 Å². The third kappa shape index (κ3) is 4.67. The fourth-order valence-corrected chi connectivity index (χ4v) is 3.55. The van der Waals surface area contributed by atoms with Gasteiger partial charge >= 0.3 is 6.18 Å². The predicted molar refractivity (Wildman–Crippen MR) is 79.1 cm³/mol. The molecule has 1 aromatic heterocycles. The zero-order valence-corrected chi connectivity index (χ0v) is 13.5. The van der Waals surface area contributed by atoms with Gasteiger partial charge in [-0.15, -0.1) is 11.3 Å². The minimum atomic E-state index is -4.29. The minimum Gasteiger partial charge on any atom is -0.341 e. The van der Waals surface area contributed by atoms with Crippen LogP contribution < -0.4 is 5.32 Å². The normalized spacial score (nSPS) is 19.5. The Balaban J connectivity index is 1.88. The van der Waals surface area contributed by atoms with Crippen LogP contribution in [0.2, 0.25) is 0 Å². The first kappa shape index (κ1) is 17.2. The van der Waals surface area contributed by atoms with E-state index in [1.807, 2.05) is 13.8 Å². The lowest BCUT2D eigenvalue weighted by molar-refractivity contribution is -0.135. The third-order valence-corrected chi connectivity index (χ3v) is 5.01. The summed E-state index contributed by atoms with van der Waals surface area (Å²) in [5.41, 5.74) is 1.01. The highest BCUT2D eigenvalue weighted by Crippen LogP contribution is 2.31. The molecule has 8 heteroatoms. The van der Waals surface area contributed by atoms with Gasteiger partial charge in [0.15, 0.2) is 0 Å². The molecule has 0 saturated carbocycles. The standard InChI is InChI=1S/C14H20F3N3OS/c1-9-10(2)22-13(19-9)11-4-3-5-20(7-11)12(21)6-18-8-14(15,16)17/h11,18H,3-8H2,1-2H3. The summed E-state index contributed by atoms with van der Waals surface area (Å²) in [6.07, 6.45) is -2.47. The van der Waals surface area contributed by atoms with E-state index < -0.39 is 12.7 Å². The summed E-state index contributed by atoms with van der Waals surface area (Å²) < 4.78 is 36.2. The van der Waals surface area contributed by atoms with Crippen LogP contribution in [0.25, 0.3) is 0 Å². The number of carbonyl (C=O) groups is 1. The Bertz CT molecular complexity index is 510. The molecule has 1 atom stereocenters. The van der Waals surface area contributed by atoms with Crippen molar-refractivity contribution in [3.8, 4) is 0 Å². The maximum atomic E-state index is 12.1. The van der Waals surface area contributed by atoms with Gasteiger partial charge in [-0.05, 0) is 26.7 Å². The number of aromatic nitrogens is 1. The molecule has 1 aromatic rings. The summed E-state index contributed by atoms with van der Waals surface area (Å²) >= 11 is 1.64. The summed E-state index contributed by atoms with van der Waals surface area (Å²) in [5, 5.41) is 3.18. The van der Waals surface area contributed by atoms with Crippen LogP contribution in [0.5, 0.6) is 0 Å². The first-order valence-corrected chi connectivity index (χ1v) is 8.07. The molecule has 0 radical (unpaired) electrons. The average molecular weight is 335 g/mol. The van der Waals surface area contributed by atoms with E-state index in [2.05, 4.69) is 10.3 Å². The fourth-order valence-electron chi connectivity index (χ4n) is 2.50. The van der Waals surface area contributed by atoms with Gasteiger partial charge in [0.05, 0.1) is 23.8 Å². The van der Waals surface area contributed by atoms with Gasteiger partial charge in [-0.1, -0.05) is 0 Å². The van der Waals surface area contributed by atoms with E-state index >= 15 is 0 Å². The third-order valence-electron chi connectivity index (χ3n) is 3.77. The molecule has 2 heterocycles. The van der Waals surface area contributed by atoms with Crippen LogP contribution >= 0.6 is 11.3 Å². The quantitative estimate of drug-likeness (QED) is 0.920. The predicted octanol–water partition coefficient (Wildman–Crippen LogP) is 2.62. The Hall–Kier alpha value is -1.15. The van der Waals surface area contributed by atoms with Gasteiger partial charge in [-0.25, -0.2) is 4.98 Å². The summed E-state index contributed by atoms with van der Waals surface area (Å²) in [7, 11) is 0. The highest BCUT2D eigenvalue weighted by molar-refractivity contribution is 7.11. The van der Waals surface area contributed by atoms with Gasteiger partial charge in [0.2, 0.25) is 5.91 Å². The number of aryl methyl sites for hydroxylation is 2. The van der Waals surface area contributed by atoms with Crippen molar-refractivity contribution in [1.29, 1.82) is 0 Å². The molecule has 2 rings (SSSR count). The maximum Gasteiger partial charge on any atom is 0.401 e. The number of thiazole rings is 1. The number of likely N-dealkylation sites (tertiary alicyclic amines) is 1. The van der Waals surface area contributed by atoms with E-state index in [0.717, 1.165) is 23.5 Å². The second kappa shape index (κ2) is 6.95. The molecular formula is C14H20F3N3OS. The van der Waals surface area contributed by atoms with Crippen molar-refractivity contribution in [2.24, 2.45) is 0 Å². The van der Waals surface area contributed by atoms with Gasteiger partial charge in [0.25, 0.3) is 0 Å². The van der Waals surface area contributed by atoms with Crippen LogP contribution in [0, 0.1) is 13.8 Å². The van der Waals surface area contributed by atoms with E-state index in [4.69, 9.17) is 0 Å². The van der Waals surface area contributed by atoms with Crippen LogP contribution in [-0.4, -0.2) is 48.1 Å². The number of hydrogen-bond acceptors (Lipinski definition) is 4.